The van der Waals surface area contributed by atoms with Gasteiger partial charge in [0.1, 0.15) is 5.75 Å². The number of rotatable bonds is 5. The van der Waals surface area contributed by atoms with Crippen molar-refractivity contribution in [2.75, 3.05) is 16.7 Å². The van der Waals surface area contributed by atoms with Crippen LogP contribution in [0, 0.1) is 0 Å². The summed E-state index contributed by atoms with van der Waals surface area (Å²) in [6, 6.07) is 9.16. The van der Waals surface area contributed by atoms with Crippen LogP contribution >= 0.6 is 0 Å². The lowest BCUT2D eigenvalue weighted by Crippen LogP contribution is -2.22. The molecule has 33 heavy (non-hydrogen) atoms. The van der Waals surface area contributed by atoms with Crippen molar-refractivity contribution in [1.82, 2.24) is 4.98 Å². The summed E-state index contributed by atoms with van der Waals surface area (Å²) >= 11 is 0. The van der Waals surface area contributed by atoms with Gasteiger partial charge in [-0.3, -0.25) is 19.4 Å². The molecular formula is C22H16F3N3O4S. The molecule has 7 nitrogen and oxygen atoms in total. The highest BCUT2D eigenvalue weighted by Gasteiger charge is 2.38. The molecule has 2 heterocycles. The number of carbonyl (C=O) groups excluding carboxylic acids is 1. The van der Waals surface area contributed by atoms with Crippen LogP contribution in [0.2, 0.25) is 0 Å². The van der Waals surface area contributed by atoms with E-state index in [1.807, 2.05) is 0 Å². The SMILES string of the molecule is C=C1c2c(NS(=O)(=O)c3ccc(C(F)(F)F)cc3)ccc(OC)c2C(=O)N1c1cccnc1. The van der Waals surface area contributed by atoms with Crippen LogP contribution < -0.4 is 14.4 Å². The van der Waals surface area contributed by atoms with Crippen molar-refractivity contribution in [1.29, 1.82) is 0 Å². The van der Waals surface area contributed by atoms with E-state index in [4.69, 9.17) is 4.74 Å². The van der Waals surface area contributed by atoms with E-state index in [1.54, 1.807) is 12.1 Å². The van der Waals surface area contributed by atoms with E-state index in [-0.39, 0.29) is 33.2 Å². The number of methoxy groups -OCH3 is 1. The number of benzene rings is 2. The second-order valence-electron chi connectivity index (χ2n) is 6.99. The molecule has 0 aliphatic carbocycles. The molecule has 170 valence electrons. The Labute approximate surface area is 187 Å². The summed E-state index contributed by atoms with van der Waals surface area (Å²) in [5.74, 6) is -0.282. The van der Waals surface area contributed by atoms with Crippen LogP contribution in [0.15, 0.2) is 72.4 Å². The molecule has 11 heteroatoms. The molecule has 1 aliphatic rings. The van der Waals surface area contributed by atoms with Crippen molar-refractivity contribution in [3.8, 4) is 5.75 Å². The molecule has 0 fully saturated rings. The summed E-state index contributed by atoms with van der Waals surface area (Å²) < 4.78 is 71.9. The van der Waals surface area contributed by atoms with E-state index >= 15 is 0 Å². The molecule has 2 aromatic carbocycles. The first-order valence-corrected chi connectivity index (χ1v) is 10.9. The molecule has 3 aromatic rings. The number of carbonyl (C=O) groups is 1. The molecule has 1 amide bonds. The number of aromatic nitrogens is 1. The lowest BCUT2D eigenvalue weighted by atomic mass is 10.1. The van der Waals surface area contributed by atoms with Crippen molar-refractivity contribution in [3.05, 3.63) is 84.2 Å². The third-order valence-electron chi connectivity index (χ3n) is 5.00. The minimum absolute atomic E-state index is 0.0236. The van der Waals surface area contributed by atoms with Gasteiger partial charge in [-0.15, -0.1) is 0 Å². The Kier molecular flexibility index (Phi) is 5.36. The molecule has 0 spiro atoms. The maximum Gasteiger partial charge on any atom is 0.416 e. The lowest BCUT2D eigenvalue weighted by molar-refractivity contribution is -0.137. The molecule has 0 saturated heterocycles. The number of nitrogens with one attached hydrogen (secondary N) is 1. The summed E-state index contributed by atoms with van der Waals surface area (Å²) in [5.41, 5.74) is -0.0553. The number of sulfonamides is 1. The topological polar surface area (TPSA) is 88.6 Å². The zero-order valence-corrected chi connectivity index (χ0v) is 17.9. The molecule has 1 N–H and O–H groups in total. The molecule has 0 bridgehead atoms. The van der Waals surface area contributed by atoms with E-state index < -0.39 is 27.7 Å². The van der Waals surface area contributed by atoms with Crippen LogP contribution in [-0.2, 0) is 16.2 Å². The first-order valence-electron chi connectivity index (χ1n) is 9.39. The number of nitrogens with zero attached hydrogens (tertiary/aromatic N) is 2. The Hall–Kier alpha value is -3.86. The third kappa shape index (κ3) is 3.91. The molecule has 0 unspecified atom stereocenters. The zero-order valence-electron chi connectivity index (χ0n) is 17.1. The second kappa shape index (κ2) is 7.93. The number of anilines is 2. The summed E-state index contributed by atoms with van der Waals surface area (Å²) in [4.78, 5) is 18.1. The predicted octanol–water partition coefficient (Wildman–Crippen LogP) is 4.54. The number of ether oxygens (including phenoxy) is 1. The lowest BCUT2D eigenvalue weighted by Gasteiger charge is -2.17. The fourth-order valence-corrected chi connectivity index (χ4v) is 4.55. The van der Waals surface area contributed by atoms with E-state index in [9.17, 15) is 26.4 Å². The van der Waals surface area contributed by atoms with Gasteiger partial charge >= 0.3 is 6.18 Å². The molecule has 0 radical (unpaired) electrons. The molecule has 1 aliphatic heterocycles. The Balaban J connectivity index is 1.76. The standard InChI is InChI=1S/C22H16F3N3O4S/c1-13-19-17(27-33(30,31)16-7-5-14(6-8-16)22(23,24)25)9-10-18(32-2)20(19)21(29)28(13)15-4-3-11-26-12-15/h3-12,27H,1H2,2H3. The van der Waals surface area contributed by atoms with Gasteiger partial charge in [0, 0.05) is 11.8 Å². The second-order valence-corrected chi connectivity index (χ2v) is 8.67. The average Bonchev–Trinajstić information content (AvgIpc) is 3.05. The Morgan fingerprint density at radius 3 is 2.33 bits per heavy atom. The van der Waals surface area contributed by atoms with Gasteiger partial charge in [-0.05, 0) is 48.5 Å². The fourth-order valence-electron chi connectivity index (χ4n) is 3.48. The van der Waals surface area contributed by atoms with E-state index in [1.165, 1.54) is 36.5 Å². The van der Waals surface area contributed by atoms with Crippen LogP contribution in [0.3, 0.4) is 0 Å². The largest absolute Gasteiger partial charge is 0.496 e. The highest BCUT2D eigenvalue weighted by Crippen LogP contribution is 2.44. The Morgan fingerprint density at radius 1 is 1.06 bits per heavy atom. The smallest absolute Gasteiger partial charge is 0.416 e. The maximum absolute atomic E-state index is 13.2. The van der Waals surface area contributed by atoms with Gasteiger partial charge in [0.25, 0.3) is 15.9 Å². The summed E-state index contributed by atoms with van der Waals surface area (Å²) in [7, 11) is -2.92. The number of amides is 1. The summed E-state index contributed by atoms with van der Waals surface area (Å²) in [6.45, 7) is 3.94. The van der Waals surface area contributed by atoms with Crippen LogP contribution in [-0.4, -0.2) is 26.4 Å². The van der Waals surface area contributed by atoms with Crippen LogP contribution in [0.4, 0.5) is 24.5 Å². The number of pyridine rings is 1. The van der Waals surface area contributed by atoms with Crippen molar-refractivity contribution < 1.29 is 31.1 Å². The first-order chi connectivity index (χ1) is 15.5. The predicted molar refractivity (Wildman–Crippen MR) is 115 cm³/mol. The van der Waals surface area contributed by atoms with Crippen molar-refractivity contribution in [2.24, 2.45) is 0 Å². The van der Waals surface area contributed by atoms with Gasteiger partial charge in [0.15, 0.2) is 0 Å². The monoisotopic (exact) mass is 475 g/mol. The van der Waals surface area contributed by atoms with Gasteiger partial charge in [0.2, 0.25) is 0 Å². The summed E-state index contributed by atoms with van der Waals surface area (Å²) in [5, 5.41) is 0. The van der Waals surface area contributed by atoms with Crippen molar-refractivity contribution >= 4 is 33.0 Å². The molecule has 4 rings (SSSR count). The number of fused-ring (bicyclic) bond motifs is 1. The van der Waals surface area contributed by atoms with Crippen LogP contribution in [0.5, 0.6) is 5.75 Å². The third-order valence-corrected chi connectivity index (χ3v) is 6.38. The van der Waals surface area contributed by atoms with Gasteiger partial charge < -0.3 is 4.74 Å². The molecule has 0 atom stereocenters. The van der Waals surface area contributed by atoms with Gasteiger partial charge in [-0.2, -0.15) is 13.2 Å². The van der Waals surface area contributed by atoms with Crippen LogP contribution in [0.1, 0.15) is 21.5 Å². The Bertz CT molecular complexity index is 1360. The minimum atomic E-state index is -4.60. The van der Waals surface area contributed by atoms with Crippen molar-refractivity contribution in [3.63, 3.8) is 0 Å². The zero-order chi connectivity index (χ0) is 24.0. The number of hydrogen-bond acceptors (Lipinski definition) is 5. The van der Waals surface area contributed by atoms with Gasteiger partial charge in [0.05, 0.1) is 46.4 Å². The van der Waals surface area contributed by atoms with E-state index in [0.717, 1.165) is 12.1 Å². The first kappa shape index (κ1) is 22.3. The molecule has 1 aromatic heterocycles. The van der Waals surface area contributed by atoms with Gasteiger partial charge in [-0.1, -0.05) is 6.58 Å². The summed E-state index contributed by atoms with van der Waals surface area (Å²) in [6.07, 6.45) is -1.61. The average molecular weight is 475 g/mol. The normalized spacial score (nSPS) is 13.8. The van der Waals surface area contributed by atoms with Gasteiger partial charge in [-0.25, -0.2) is 8.42 Å². The van der Waals surface area contributed by atoms with E-state index in [2.05, 4.69) is 16.3 Å². The van der Waals surface area contributed by atoms with Crippen molar-refractivity contribution in [2.45, 2.75) is 11.1 Å². The number of halogens is 3. The van der Waals surface area contributed by atoms with Crippen LogP contribution in [0.25, 0.3) is 5.70 Å². The number of hydrogen-bond donors (Lipinski definition) is 1. The fraction of sp³-hybridized carbons (Fsp3) is 0.0909. The quantitative estimate of drug-likeness (QED) is 0.585. The Morgan fingerprint density at radius 2 is 1.76 bits per heavy atom. The number of alkyl halides is 3. The molecule has 0 saturated carbocycles. The minimum Gasteiger partial charge on any atom is -0.496 e. The maximum atomic E-state index is 13.2. The highest BCUT2D eigenvalue weighted by atomic mass is 32.2. The molecular weight excluding hydrogens is 459 g/mol. The van der Waals surface area contributed by atoms with E-state index in [0.29, 0.717) is 17.8 Å². The highest BCUT2D eigenvalue weighted by molar-refractivity contribution is 7.92.